The van der Waals surface area contributed by atoms with Crippen molar-refractivity contribution in [3.8, 4) is 5.75 Å². The Morgan fingerprint density at radius 3 is 1.96 bits per heavy atom. The first-order valence-electron chi connectivity index (χ1n) is 9.48. The predicted molar refractivity (Wildman–Crippen MR) is 107 cm³/mol. The van der Waals surface area contributed by atoms with Gasteiger partial charge in [-0.05, 0) is 67.5 Å². The van der Waals surface area contributed by atoms with E-state index in [9.17, 15) is 5.11 Å². The predicted octanol–water partition coefficient (Wildman–Crippen LogP) is 4.45. The first-order valence-corrected chi connectivity index (χ1v) is 9.48. The van der Waals surface area contributed by atoms with E-state index in [1.807, 2.05) is 13.0 Å². The van der Waals surface area contributed by atoms with Crippen LogP contribution in [0, 0.1) is 20.8 Å². The SMILES string of the molecule is CCC(CC)(c1ccc(C)c(C)c1)c1ccc(OCC(O)CO)c(C)c1. The number of aliphatic hydroxyl groups excluding tert-OH is 2. The van der Waals surface area contributed by atoms with Crippen molar-refractivity contribution in [1.82, 2.24) is 0 Å². The second-order valence-electron chi connectivity index (χ2n) is 7.22. The number of aliphatic hydroxyl groups is 2. The number of ether oxygens (including phenoxy) is 1. The van der Waals surface area contributed by atoms with Crippen LogP contribution in [0.1, 0.15) is 54.5 Å². The van der Waals surface area contributed by atoms with Crippen LogP contribution in [-0.4, -0.2) is 29.5 Å². The molecule has 0 amide bonds. The number of hydrogen-bond acceptors (Lipinski definition) is 3. The van der Waals surface area contributed by atoms with Crippen LogP contribution in [0.5, 0.6) is 5.75 Å². The van der Waals surface area contributed by atoms with Gasteiger partial charge in [0.2, 0.25) is 0 Å². The van der Waals surface area contributed by atoms with Gasteiger partial charge in [-0.25, -0.2) is 0 Å². The molecule has 0 spiro atoms. The van der Waals surface area contributed by atoms with E-state index in [1.165, 1.54) is 22.3 Å². The average Bonchev–Trinajstić information content (AvgIpc) is 2.65. The quantitative estimate of drug-likeness (QED) is 0.735. The fourth-order valence-corrected chi connectivity index (χ4v) is 3.62. The molecule has 0 fully saturated rings. The highest BCUT2D eigenvalue weighted by atomic mass is 16.5. The van der Waals surface area contributed by atoms with Gasteiger partial charge in [0.1, 0.15) is 18.5 Å². The molecule has 0 aromatic heterocycles. The molecule has 0 bridgehead atoms. The van der Waals surface area contributed by atoms with Gasteiger partial charge in [0.15, 0.2) is 0 Å². The molecule has 1 atom stereocenters. The minimum absolute atomic E-state index is 0.0215. The maximum Gasteiger partial charge on any atom is 0.122 e. The molecule has 3 heteroatoms. The zero-order valence-corrected chi connectivity index (χ0v) is 16.7. The van der Waals surface area contributed by atoms with E-state index in [2.05, 4.69) is 58.0 Å². The lowest BCUT2D eigenvalue weighted by atomic mass is 9.70. The Bertz CT molecular complexity index is 732. The summed E-state index contributed by atoms with van der Waals surface area (Å²) in [5, 5.41) is 18.4. The highest BCUT2D eigenvalue weighted by Gasteiger charge is 2.31. The summed E-state index contributed by atoms with van der Waals surface area (Å²) in [5.74, 6) is 0.752. The van der Waals surface area contributed by atoms with Crippen molar-refractivity contribution in [3.05, 3.63) is 64.2 Å². The van der Waals surface area contributed by atoms with Gasteiger partial charge >= 0.3 is 0 Å². The molecule has 0 saturated carbocycles. The van der Waals surface area contributed by atoms with E-state index in [0.717, 1.165) is 24.2 Å². The molecule has 0 aliphatic carbocycles. The molecule has 0 radical (unpaired) electrons. The Hall–Kier alpha value is -1.84. The van der Waals surface area contributed by atoms with Crippen LogP contribution in [0.4, 0.5) is 0 Å². The van der Waals surface area contributed by atoms with Crippen LogP contribution in [0.25, 0.3) is 0 Å². The third-order valence-corrected chi connectivity index (χ3v) is 5.64. The van der Waals surface area contributed by atoms with Crippen molar-refractivity contribution < 1.29 is 14.9 Å². The van der Waals surface area contributed by atoms with Gasteiger partial charge in [0.05, 0.1) is 6.61 Å². The molecule has 1 unspecified atom stereocenters. The summed E-state index contributed by atoms with van der Waals surface area (Å²) in [6, 6.07) is 13.1. The van der Waals surface area contributed by atoms with Crippen LogP contribution >= 0.6 is 0 Å². The molecule has 0 saturated heterocycles. The largest absolute Gasteiger partial charge is 0.491 e. The second-order valence-corrected chi connectivity index (χ2v) is 7.22. The van der Waals surface area contributed by atoms with E-state index >= 15 is 0 Å². The van der Waals surface area contributed by atoms with Gasteiger partial charge in [0, 0.05) is 5.41 Å². The van der Waals surface area contributed by atoms with E-state index in [0.29, 0.717) is 0 Å². The maximum atomic E-state index is 9.49. The molecule has 2 aromatic rings. The maximum absolute atomic E-state index is 9.49. The Kier molecular flexibility index (Phi) is 6.85. The number of benzene rings is 2. The highest BCUT2D eigenvalue weighted by Crippen LogP contribution is 2.40. The zero-order valence-electron chi connectivity index (χ0n) is 16.7. The van der Waals surface area contributed by atoms with Crippen LogP contribution in [-0.2, 0) is 5.41 Å². The van der Waals surface area contributed by atoms with Crippen LogP contribution in [0.2, 0.25) is 0 Å². The van der Waals surface area contributed by atoms with Crippen molar-refractivity contribution in [1.29, 1.82) is 0 Å². The normalized spacial score (nSPS) is 12.9. The van der Waals surface area contributed by atoms with Gasteiger partial charge in [0.25, 0.3) is 0 Å². The van der Waals surface area contributed by atoms with Crippen molar-refractivity contribution in [2.45, 2.75) is 59.0 Å². The highest BCUT2D eigenvalue weighted by molar-refractivity contribution is 5.46. The summed E-state index contributed by atoms with van der Waals surface area (Å²) < 4.78 is 5.65. The van der Waals surface area contributed by atoms with E-state index < -0.39 is 6.10 Å². The molecule has 0 aliphatic rings. The van der Waals surface area contributed by atoms with Crippen LogP contribution in [0.3, 0.4) is 0 Å². The lowest BCUT2D eigenvalue weighted by molar-refractivity contribution is 0.0534. The minimum Gasteiger partial charge on any atom is -0.491 e. The summed E-state index contributed by atoms with van der Waals surface area (Å²) in [4.78, 5) is 0. The van der Waals surface area contributed by atoms with Crippen LogP contribution < -0.4 is 4.74 Å². The summed E-state index contributed by atoms with van der Waals surface area (Å²) >= 11 is 0. The summed E-state index contributed by atoms with van der Waals surface area (Å²) in [6.07, 6.45) is 1.19. The van der Waals surface area contributed by atoms with Crippen molar-refractivity contribution in [2.24, 2.45) is 0 Å². The molecule has 0 heterocycles. The standard InChI is InChI=1S/C23H32O3/c1-6-23(7-2,19-9-8-16(3)17(4)12-19)20-10-11-22(18(5)13-20)26-15-21(25)14-24/h8-13,21,24-25H,6-7,14-15H2,1-5H3. The fourth-order valence-electron chi connectivity index (χ4n) is 3.62. The van der Waals surface area contributed by atoms with Crippen molar-refractivity contribution in [2.75, 3.05) is 13.2 Å². The van der Waals surface area contributed by atoms with E-state index in [4.69, 9.17) is 9.84 Å². The molecule has 2 N–H and O–H groups in total. The first kappa shape index (κ1) is 20.5. The zero-order chi connectivity index (χ0) is 19.3. The van der Waals surface area contributed by atoms with E-state index in [1.54, 1.807) is 0 Å². The molecule has 0 aliphatic heterocycles. The molecular weight excluding hydrogens is 324 g/mol. The third-order valence-electron chi connectivity index (χ3n) is 5.64. The lowest BCUT2D eigenvalue weighted by Crippen LogP contribution is -2.26. The number of aryl methyl sites for hydroxylation is 3. The lowest BCUT2D eigenvalue weighted by Gasteiger charge is -2.34. The smallest absolute Gasteiger partial charge is 0.122 e. The van der Waals surface area contributed by atoms with E-state index in [-0.39, 0.29) is 18.6 Å². The van der Waals surface area contributed by atoms with Gasteiger partial charge in [-0.15, -0.1) is 0 Å². The summed E-state index contributed by atoms with van der Waals surface area (Å²) in [6.45, 7) is 10.6. The summed E-state index contributed by atoms with van der Waals surface area (Å²) in [5.41, 5.74) is 6.31. The molecule has 142 valence electrons. The monoisotopic (exact) mass is 356 g/mol. The van der Waals surface area contributed by atoms with Gasteiger partial charge in [-0.2, -0.15) is 0 Å². The number of rotatable bonds is 8. The van der Waals surface area contributed by atoms with Crippen molar-refractivity contribution in [3.63, 3.8) is 0 Å². The Balaban J connectivity index is 2.40. The van der Waals surface area contributed by atoms with Gasteiger partial charge in [-0.1, -0.05) is 44.2 Å². The molecule has 26 heavy (non-hydrogen) atoms. The Labute approximate surface area is 157 Å². The molecule has 2 aromatic carbocycles. The topological polar surface area (TPSA) is 49.7 Å². The summed E-state index contributed by atoms with van der Waals surface area (Å²) in [7, 11) is 0. The third kappa shape index (κ3) is 4.11. The Morgan fingerprint density at radius 1 is 0.885 bits per heavy atom. The minimum atomic E-state index is -0.852. The second kappa shape index (κ2) is 8.70. The average molecular weight is 357 g/mol. The van der Waals surface area contributed by atoms with Gasteiger partial charge < -0.3 is 14.9 Å². The molecule has 2 rings (SSSR count). The first-order chi connectivity index (χ1) is 12.4. The number of hydrogen-bond donors (Lipinski definition) is 2. The van der Waals surface area contributed by atoms with Gasteiger partial charge in [-0.3, -0.25) is 0 Å². The molecular formula is C23H32O3. The Morgan fingerprint density at radius 2 is 1.46 bits per heavy atom. The fraction of sp³-hybridized carbons (Fsp3) is 0.478. The molecule has 3 nitrogen and oxygen atoms in total. The van der Waals surface area contributed by atoms with Crippen molar-refractivity contribution >= 4 is 0 Å². The van der Waals surface area contributed by atoms with Crippen LogP contribution in [0.15, 0.2) is 36.4 Å².